The third-order valence-electron chi connectivity index (χ3n) is 4.09. The van der Waals surface area contributed by atoms with Crippen LogP contribution in [0.2, 0.25) is 0 Å². The molecule has 0 spiro atoms. The fraction of sp³-hybridized carbons (Fsp3) is 0.846. The minimum Gasteiger partial charge on any atom is -0.455 e. The van der Waals surface area contributed by atoms with Gasteiger partial charge in [-0.25, -0.2) is 8.42 Å². The summed E-state index contributed by atoms with van der Waals surface area (Å²) in [5.41, 5.74) is 0. The molecule has 2 aliphatic rings. The van der Waals surface area contributed by atoms with E-state index in [0.717, 1.165) is 19.3 Å². The fourth-order valence-corrected chi connectivity index (χ4v) is 4.37. The lowest BCUT2D eigenvalue weighted by Gasteiger charge is -2.28. The van der Waals surface area contributed by atoms with Crippen LogP contribution >= 0.6 is 0 Å². The molecule has 1 aliphatic heterocycles. The molecular weight excluding hydrogens is 282 g/mol. The maximum Gasteiger partial charge on any atom is 0.309 e. The van der Waals surface area contributed by atoms with Crippen LogP contribution < -0.4 is 0 Å². The number of esters is 1. The molecular formula is C13H21NO5S. The van der Waals surface area contributed by atoms with Crippen LogP contribution in [0, 0.1) is 5.92 Å². The van der Waals surface area contributed by atoms with Gasteiger partial charge in [-0.3, -0.25) is 9.59 Å². The van der Waals surface area contributed by atoms with E-state index in [-0.39, 0.29) is 41.9 Å². The maximum absolute atomic E-state index is 12.1. The van der Waals surface area contributed by atoms with Gasteiger partial charge >= 0.3 is 5.97 Å². The summed E-state index contributed by atoms with van der Waals surface area (Å²) in [4.78, 5) is 25.1. The first-order valence-electron chi connectivity index (χ1n) is 7.09. The van der Waals surface area contributed by atoms with Crippen molar-refractivity contribution in [2.75, 3.05) is 24.7 Å². The molecule has 114 valence electrons. The first kappa shape index (κ1) is 15.3. The van der Waals surface area contributed by atoms with E-state index in [4.69, 9.17) is 4.74 Å². The summed E-state index contributed by atoms with van der Waals surface area (Å²) in [5, 5.41) is 0. The molecule has 0 N–H and O–H groups in total. The first-order chi connectivity index (χ1) is 9.43. The molecule has 0 bridgehead atoms. The number of nitrogens with zero attached hydrogens (tertiary/aromatic N) is 1. The molecule has 6 nitrogen and oxygen atoms in total. The van der Waals surface area contributed by atoms with Crippen molar-refractivity contribution in [3.05, 3.63) is 0 Å². The van der Waals surface area contributed by atoms with Crippen molar-refractivity contribution in [1.82, 2.24) is 4.90 Å². The molecule has 1 atom stereocenters. The number of amides is 1. The Morgan fingerprint density at radius 1 is 1.25 bits per heavy atom. The summed E-state index contributed by atoms with van der Waals surface area (Å²) in [6.45, 7) is 1.95. The summed E-state index contributed by atoms with van der Waals surface area (Å²) < 4.78 is 27.9. The summed E-state index contributed by atoms with van der Waals surface area (Å²) in [5.74, 6) is -0.515. The quantitative estimate of drug-likeness (QED) is 0.685. The van der Waals surface area contributed by atoms with Gasteiger partial charge in [0.25, 0.3) is 5.91 Å². The highest BCUT2D eigenvalue weighted by Gasteiger charge is 2.34. The van der Waals surface area contributed by atoms with Gasteiger partial charge in [0.05, 0.1) is 17.4 Å². The lowest BCUT2D eigenvalue weighted by molar-refractivity contribution is -0.158. The van der Waals surface area contributed by atoms with Gasteiger partial charge in [0.2, 0.25) is 0 Å². The number of sulfone groups is 1. The molecule has 0 radical (unpaired) electrons. The lowest BCUT2D eigenvalue weighted by Crippen LogP contribution is -2.43. The molecule has 20 heavy (non-hydrogen) atoms. The highest BCUT2D eigenvalue weighted by atomic mass is 32.2. The van der Waals surface area contributed by atoms with Crippen LogP contribution in [0.25, 0.3) is 0 Å². The maximum atomic E-state index is 12.1. The topological polar surface area (TPSA) is 80.8 Å². The number of ether oxygens (including phenoxy) is 1. The summed E-state index contributed by atoms with van der Waals surface area (Å²) in [6, 6.07) is -0.278. The van der Waals surface area contributed by atoms with Crippen molar-refractivity contribution < 1.29 is 22.7 Å². The Morgan fingerprint density at radius 3 is 2.40 bits per heavy atom. The van der Waals surface area contributed by atoms with Gasteiger partial charge in [-0.15, -0.1) is 0 Å². The second-order valence-electron chi connectivity index (χ2n) is 5.47. The SMILES string of the molecule is CCN(C(=O)COC(=O)C1CCC1)C1CCS(=O)(=O)C1. The van der Waals surface area contributed by atoms with Gasteiger partial charge in [0.15, 0.2) is 16.4 Å². The van der Waals surface area contributed by atoms with Crippen LogP contribution in [0.1, 0.15) is 32.6 Å². The fourth-order valence-electron chi connectivity index (χ4n) is 2.64. The van der Waals surface area contributed by atoms with E-state index in [1.165, 1.54) is 4.90 Å². The van der Waals surface area contributed by atoms with Crippen molar-refractivity contribution in [1.29, 1.82) is 0 Å². The molecule has 2 rings (SSSR count). The van der Waals surface area contributed by atoms with Gasteiger partial charge in [-0.2, -0.15) is 0 Å². The summed E-state index contributed by atoms with van der Waals surface area (Å²) in [6.07, 6.45) is 3.18. The van der Waals surface area contributed by atoms with Crippen molar-refractivity contribution in [2.24, 2.45) is 5.92 Å². The Labute approximate surface area is 119 Å². The molecule has 7 heteroatoms. The average molecular weight is 303 g/mol. The van der Waals surface area contributed by atoms with E-state index in [9.17, 15) is 18.0 Å². The zero-order valence-corrected chi connectivity index (χ0v) is 12.5. The third-order valence-corrected chi connectivity index (χ3v) is 5.84. The van der Waals surface area contributed by atoms with Crippen molar-refractivity contribution in [3.63, 3.8) is 0 Å². The van der Waals surface area contributed by atoms with E-state index in [1.807, 2.05) is 0 Å². The van der Waals surface area contributed by atoms with Crippen molar-refractivity contribution in [2.45, 2.75) is 38.6 Å². The zero-order valence-electron chi connectivity index (χ0n) is 11.7. The number of carbonyl (C=O) groups is 2. The van der Waals surface area contributed by atoms with E-state index in [0.29, 0.717) is 13.0 Å². The van der Waals surface area contributed by atoms with Gasteiger partial charge in [-0.1, -0.05) is 6.42 Å². The number of hydrogen-bond donors (Lipinski definition) is 0. The smallest absolute Gasteiger partial charge is 0.309 e. The van der Waals surface area contributed by atoms with Gasteiger partial charge in [-0.05, 0) is 26.2 Å². The van der Waals surface area contributed by atoms with E-state index in [1.54, 1.807) is 6.92 Å². The second-order valence-corrected chi connectivity index (χ2v) is 7.70. The number of carbonyl (C=O) groups excluding carboxylic acids is 2. The van der Waals surface area contributed by atoms with Crippen LogP contribution in [0.3, 0.4) is 0 Å². The highest BCUT2D eigenvalue weighted by Crippen LogP contribution is 2.27. The molecule has 1 heterocycles. The van der Waals surface area contributed by atoms with Crippen LogP contribution in [0.15, 0.2) is 0 Å². The zero-order chi connectivity index (χ0) is 14.8. The molecule has 0 aromatic rings. The van der Waals surface area contributed by atoms with E-state index >= 15 is 0 Å². The van der Waals surface area contributed by atoms with Crippen LogP contribution in [0.4, 0.5) is 0 Å². The molecule has 1 saturated carbocycles. The molecule has 0 aromatic heterocycles. The summed E-state index contributed by atoms with van der Waals surface area (Å²) in [7, 11) is -3.03. The Balaban J connectivity index is 1.84. The first-order valence-corrected chi connectivity index (χ1v) is 8.91. The largest absolute Gasteiger partial charge is 0.455 e. The van der Waals surface area contributed by atoms with Crippen molar-refractivity contribution >= 4 is 21.7 Å². The monoisotopic (exact) mass is 303 g/mol. The van der Waals surface area contributed by atoms with E-state index in [2.05, 4.69) is 0 Å². The van der Waals surface area contributed by atoms with E-state index < -0.39 is 9.84 Å². The predicted octanol–water partition coefficient (Wildman–Crippen LogP) is 0.365. The number of likely N-dealkylation sites (N-methyl/N-ethyl adjacent to an activating group) is 1. The average Bonchev–Trinajstić information content (AvgIpc) is 2.65. The Hall–Kier alpha value is -1.11. The number of hydrogen-bond acceptors (Lipinski definition) is 5. The van der Waals surface area contributed by atoms with Gasteiger partial charge in [0, 0.05) is 12.6 Å². The highest BCUT2D eigenvalue weighted by molar-refractivity contribution is 7.91. The minimum atomic E-state index is -3.03. The molecule has 2 fully saturated rings. The van der Waals surface area contributed by atoms with Crippen molar-refractivity contribution in [3.8, 4) is 0 Å². The number of rotatable bonds is 5. The molecule has 1 saturated heterocycles. The van der Waals surface area contributed by atoms with Gasteiger partial charge in [0.1, 0.15) is 0 Å². The predicted molar refractivity (Wildman–Crippen MR) is 72.7 cm³/mol. The molecule has 1 aliphatic carbocycles. The van der Waals surface area contributed by atoms with Crippen LogP contribution in [0.5, 0.6) is 0 Å². The van der Waals surface area contributed by atoms with Crippen LogP contribution in [-0.4, -0.2) is 55.9 Å². The normalized spacial score (nSPS) is 24.9. The molecule has 1 unspecified atom stereocenters. The lowest BCUT2D eigenvalue weighted by atomic mass is 9.86. The summed E-state index contributed by atoms with van der Waals surface area (Å²) >= 11 is 0. The van der Waals surface area contributed by atoms with Gasteiger partial charge < -0.3 is 9.64 Å². The Morgan fingerprint density at radius 2 is 1.95 bits per heavy atom. The minimum absolute atomic E-state index is 0.0170. The standard InChI is InChI=1S/C13H21NO5S/c1-2-14(11-6-7-20(17,18)9-11)12(15)8-19-13(16)10-4-3-5-10/h10-11H,2-9H2,1H3. The second kappa shape index (κ2) is 6.11. The van der Waals surface area contributed by atoms with Crippen LogP contribution in [-0.2, 0) is 24.2 Å². The molecule has 0 aromatic carbocycles. The molecule has 1 amide bonds. The Bertz CT molecular complexity index is 483. The Kier molecular flexibility index (Phi) is 4.67. The third kappa shape index (κ3) is 3.50.